The van der Waals surface area contributed by atoms with E-state index in [0.717, 1.165) is 45.4 Å². The van der Waals surface area contributed by atoms with Gasteiger partial charge in [-0.1, -0.05) is 67.6 Å². The van der Waals surface area contributed by atoms with Crippen LogP contribution in [0.1, 0.15) is 34.1 Å². The van der Waals surface area contributed by atoms with E-state index < -0.39 is 5.97 Å². The van der Waals surface area contributed by atoms with E-state index in [1.807, 2.05) is 54.6 Å². The molecule has 4 nitrogen and oxygen atoms in total. The number of pyridine rings is 1. The zero-order valence-electron chi connectivity index (χ0n) is 16.2. The van der Waals surface area contributed by atoms with Crippen LogP contribution in [0.3, 0.4) is 0 Å². The number of aromatic nitrogens is 1. The SMILES string of the molecule is CCc1nc2ccccc2c(Cc2ccc(-c3ccccc3C(=O)O)cc2)c1N. The van der Waals surface area contributed by atoms with Crippen molar-refractivity contribution in [3.63, 3.8) is 0 Å². The summed E-state index contributed by atoms with van der Waals surface area (Å²) in [5.74, 6) is -0.923. The molecule has 0 amide bonds. The van der Waals surface area contributed by atoms with Crippen molar-refractivity contribution in [2.24, 2.45) is 0 Å². The van der Waals surface area contributed by atoms with E-state index in [0.29, 0.717) is 17.5 Å². The Hall–Kier alpha value is -3.66. The third-order valence-electron chi connectivity index (χ3n) is 5.26. The van der Waals surface area contributed by atoms with Crippen LogP contribution in [0.2, 0.25) is 0 Å². The molecule has 0 saturated carbocycles. The maximum Gasteiger partial charge on any atom is 0.336 e. The van der Waals surface area contributed by atoms with Gasteiger partial charge in [0.2, 0.25) is 0 Å². The predicted molar refractivity (Wildman–Crippen MR) is 117 cm³/mol. The average Bonchev–Trinajstić information content (AvgIpc) is 2.76. The Morgan fingerprint density at radius 1 is 0.966 bits per heavy atom. The normalized spacial score (nSPS) is 10.9. The second-order valence-electron chi connectivity index (χ2n) is 7.05. The van der Waals surface area contributed by atoms with Gasteiger partial charge in [-0.25, -0.2) is 4.79 Å². The lowest BCUT2D eigenvalue weighted by Crippen LogP contribution is -2.04. The average molecular weight is 382 g/mol. The fourth-order valence-electron chi connectivity index (χ4n) is 3.74. The fourth-order valence-corrected chi connectivity index (χ4v) is 3.74. The van der Waals surface area contributed by atoms with Crippen molar-refractivity contribution in [3.8, 4) is 11.1 Å². The molecule has 29 heavy (non-hydrogen) atoms. The Morgan fingerprint density at radius 2 is 1.66 bits per heavy atom. The van der Waals surface area contributed by atoms with Gasteiger partial charge >= 0.3 is 5.97 Å². The van der Waals surface area contributed by atoms with Gasteiger partial charge in [-0.2, -0.15) is 0 Å². The number of nitrogen functional groups attached to an aromatic ring is 1. The molecule has 4 aromatic rings. The zero-order chi connectivity index (χ0) is 20.4. The number of para-hydroxylation sites is 1. The molecule has 0 aliphatic heterocycles. The molecule has 3 N–H and O–H groups in total. The number of anilines is 1. The van der Waals surface area contributed by atoms with E-state index in [9.17, 15) is 9.90 Å². The largest absolute Gasteiger partial charge is 0.478 e. The number of carboxylic acid groups (broad SMARTS) is 1. The highest BCUT2D eigenvalue weighted by atomic mass is 16.4. The Bertz CT molecular complexity index is 1200. The van der Waals surface area contributed by atoms with Crippen LogP contribution in [0.25, 0.3) is 22.0 Å². The Morgan fingerprint density at radius 3 is 2.38 bits per heavy atom. The quantitative estimate of drug-likeness (QED) is 0.489. The van der Waals surface area contributed by atoms with Crippen molar-refractivity contribution >= 4 is 22.6 Å². The summed E-state index contributed by atoms with van der Waals surface area (Å²) in [6.45, 7) is 2.06. The number of fused-ring (bicyclic) bond motifs is 1. The third-order valence-corrected chi connectivity index (χ3v) is 5.26. The van der Waals surface area contributed by atoms with Gasteiger partial charge in [0, 0.05) is 11.8 Å². The van der Waals surface area contributed by atoms with Crippen LogP contribution >= 0.6 is 0 Å². The van der Waals surface area contributed by atoms with Crippen LogP contribution in [0.5, 0.6) is 0 Å². The first-order chi connectivity index (χ1) is 14.1. The van der Waals surface area contributed by atoms with Gasteiger partial charge in [-0.3, -0.25) is 4.98 Å². The molecule has 0 spiro atoms. The molecule has 0 atom stereocenters. The summed E-state index contributed by atoms with van der Waals surface area (Å²) in [6, 6.07) is 23.1. The van der Waals surface area contributed by atoms with E-state index in [4.69, 9.17) is 10.7 Å². The number of carboxylic acids is 1. The number of aromatic carboxylic acids is 1. The van der Waals surface area contributed by atoms with E-state index in [-0.39, 0.29) is 0 Å². The minimum Gasteiger partial charge on any atom is -0.478 e. The first-order valence-electron chi connectivity index (χ1n) is 9.66. The second kappa shape index (κ2) is 7.76. The standard InChI is InChI=1S/C25H22N2O2/c1-2-22-24(26)21(19-8-5-6-10-23(19)27-22)15-16-11-13-17(14-12-16)18-7-3-4-9-20(18)25(28)29/h3-14H,2,15,26H2,1H3,(H,28,29). The molecule has 1 aromatic heterocycles. The minimum atomic E-state index is -0.923. The van der Waals surface area contributed by atoms with Crippen LogP contribution in [0.15, 0.2) is 72.8 Å². The molecular formula is C25H22N2O2. The molecule has 144 valence electrons. The van der Waals surface area contributed by atoms with Crippen LogP contribution in [0, 0.1) is 0 Å². The molecule has 3 aromatic carbocycles. The maximum atomic E-state index is 11.5. The highest BCUT2D eigenvalue weighted by Gasteiger charge is 2.13. The highest BCUT2D eigenvalue weighted by molar-refractivity contribution is 5.96. The first-order valence-corrected chi connectivity index (χ1v) is 9.66. The van der Waals surface area contributed by atoms with Gasteiger partial charge in [0.1, 0.15) is 0 Å². The number of hydrogen-bond acceptors (Lipinski definition) is 3. The second-order valence-corrected chi connectivity index (χ2v) is 7.05. The topological polar surface area (TPSA) is 76.2 Å². The smallest absolute Gasteiger partial charge is 0.336 e. The van der Waals surface area contributed by atoms with Crippen molar-refractivity contribution in [1.29, 1.82) is 0 Å². The van der Waals surface area contributed by atoms with Crippen molar-refractivity contribution < 1.29 is 9.90 Å². The molecular weight excluding hydrogens is 360 g/mol. The maximum absolute atomic E-state index is 11.5. The van der Waals surface area contributed by atoms with Crippen LogP contribution in [0.4, 0.5) is 5.69 Å². The monoisotopic (exact) mass is 382 g/mol. The molecule has 0 aliphatic rings. The van der Waals surface area contributed by atoms with Gasteiger partial charge in [0.25, 0.3) is 0 Å². The molecule has 0 unspecified atom stereocenters. The molecule has 4 rings (SSSR count). The number of nitrogens with two attached hydrogens (primary N) is 1. The molecule has 0 saturated heterocycles. The summed E-state index contributed by atoms with van der Waals surface area (Å²) < 4.78 is 0. The van der Waals surface area contributed by atoms with E-state index in [1.165, 1.54) is 0 Å². The van der Waals surface area contributed by atoms with Gasteiger partial charge in [0.15, 0.2) is 0 Å². The van der Waals surface area contributed by atoms with Crippen molar-refractivity contribution in [2.45, 2.75) is 19.8 Å². The summed E-state index contributed by atoms with van der Waals surface area (Å²) in [5, 5.41) is 10.5. The molecule has 0 radical (unpaired) electrons. The number of rotatable bonds is 5. The lowest BCUT2D eigenvalue weighted by atomic mass is 9.95. The third kappa shape index (κ3) is 3.57. The summed E-state index contributed by atoms with van der Waals surface area (Å²) in [4.78, 5) is 16.2. The van der Waals surface area contributed by atoms with Crippen LogP contribution in [-0.2, 0) is 12.8 Å². The van der Waals surface area contributed by atoms with Crippen molar-refractivity contribution in [3.05, 3.63) is 95.2 Å². The summed E-state index contributed by atoms with van der Waals surface area (Å²) >= 11 is 0. The highest BCUT2D eigenvalue weighted by Crippen LogP contribution is 2.30. The summed E-state index contributed by atoms with van der Waals surface area (Å²) in [6.07, 6.45) is 1.48. The minimum absolute atomic E-state index is 0.303. The number of benzene rings is 3. The zero-order valence-corrected chi connectivity index (χ0v) is 16.2. The van der Waals surface area contributed by atoms with E-state index in [1.54, 1.807) is 12.1 Å². The summed E-state index contributed by atoms with van der Waals surface area (Å²) in [7, 11) is 0. The molecule has 0 fully saturated rings. The van der Waals surface area contributed by atoms with E-state index >= 15 is 0 Å². The number of hydrogen-bond donors (Lipinski definition) is 2. The molecule has 1 heterocycles. The van der Waals surface area contributed by atoms with Gasteiger partial charge in [-0.15, -0.1) is 0 Å². The summed E-state index contributed by atoms with van der Waals surface area (Å²) in [5.41, 5.74) is 13.2. The van der Waals surface area contributed by atoms with Crippen molar-refractivity contribution in [1.82, 2.24) is 4.98 Å². The number of nitrogens with zero attached hydrogens (tertiary/aromatic N) is 1. The van der Waals surface area contributed by atoms with Gasteiger partial charge in [-0.05, 0) is 40.8 Å². The Balaban J connectivity index is 1.72. The number of aryl methyl sites for hydroxylation is 1. The van der Waals surface area contributed by atoms with Crippen LogP contribution < -0.4 is 5.73 Å². The Kier molecular flexibility index (Phi) is 5.00. The molecule has 4 heteroatoms. The fraction of sp³-hybridized carbons (Fsp3) is 0.120. The molecule has 0 bridgehead atoms. The molecule has 0 aliphatic carbocycles. The van der Waals surface area contributed by atoms with Crippen LogP contribution in [-0.4, -0.2) is 16.1 Å². The first kappa shape index (κ1) is 18.7. The lowest BCUT2D eigenvalue weighted by molar-refractivity contribution is 0.0697. The van der Waals surface area contributed by atoms with Gasteiger partial charge < -0.3 is 10.8 Å². The Labute approximate surface area is 169 Å². The predicted octanol–water partition coefficient (Wildman–Crippen LogP) is 5.34. The lowest BCUT2D eigenvalue weighted by Gasteiger charge is -2.14. The van der Waals surface area contributed by atoms with Crippen molar-refractivity contribution in [2.75, 3.05) is 5.73 Å². The number of carbonyl (C=O) groups is 1. The van der Waals surface area contributed by atoms with E-state index in [2.05, 4.69) is 13.0 Å². The van der Waals surface area contributed by atoms with Gasteiger partial charge in [0.05, 0.1) is 22.5 Å².